The third kappa shape index (κ3) is 3.02. The van der Waals surface area contributed by atoms with E-state index >= 15 is 0 Å². The lowest BCUT2D eigenvalue weighted by molar-refractivity contribution is -0.0817. The first-order valence-electron chi connectivity index (χ1n) is 6.89. The number of methoxy groups -OCH3 is 1. The van der Waals surface area contributed by atoms with Crippen molar-refractivity contribution in [1.29, 1.82) is 0 Å². The quantitative estimate of drug-likeness (QED) is 0.773. The van der Waals surface area contributed by atoms with Crippen LogP contribution in [0.25, 0.3) is 0 Å². The van der Waals surface area contributed by atoms with Crippen LogP contribution >= 0.6 is 0 Å². The Kier molecular flexibility index (Phi) is 4.46. The average Bonchev–Trinajstić information content (AvgIpc) is 2.33. The molecule has 0 aromatic carbocycles. The molecule has 0 bridgehead atoms. The van der Waals surface area contributed by atoms with Gasteiger partial charge < -0.3 is 14.8 Å². The second-order valence-electron chi connectivity index (χ2n) is 5.22. The summed E-state index contributed by atoms with van der Waals surface area (Å²) in [5.74, 6) is 0. The highest BCUT2D eigenvalue weighted by Crippen LogP contribution is 2.40. The predicted octanol–water partition coefficient (Wildman–Crippen LogP) is 2.62. The van der Waals surface area contributed by atoms with Gasteiger partial charge in [-0.15, -0.1) is 0 Å². The van der Waals surface area contributed by atoms with Crippen LogP contribution in [-0.4, -0.2) is 31.9 Å². The number of nitrogens with one attached hydrogen (secondary N) is 1. The van der Waals surface area contributed by atoms with E-state index in [1.165, 1.54) is 24.8 Å². The molecule has 1 aliphatic carbocycles. The van der Waals surface area contributed by atoms with Gasteiger partial charge in [-0.3, -0.25) is 0 Å². The van der Waals surface area contributed by atoms with Gasteiger partial charge in [-0.25, -0.2) is 0 Å². The van der Waals surface area contributed by atoms with Crippen LogP contribution in [-0.2, 0) is 9.47 Å². The molecule has 1 unspecified atom stereocenters. The highest BCUT2D eigenvalue weighted by molar-refractivity contribution is 5.12. The second-order valence-corrected chi connectivity index (χ2v) is 5.22. The van der Waals surface area contributed by atoms with Gasteiger partial charge >= 0.3 is 0 Å². The summed E-state index contributed by atoms with van der Waals surface area (Å²) in [4.78, 5) is 0. The van der Waals surface area contributed by atoms with Crippen LogP contribution in [0.5, 0.6) is 0 Å². The third-order valence-electron chi connectivity index (χ3n) is 4.13. The minimum atomic E-state index is 0.130. The normalized spacial score (nSPS) is 24.5. The zero-order chi connectivity index (χ0) is 12.1. The molecule has 0 radical (unpaired) electrons. The summed E-state index contributed by atoms with van der Waals surface area (Å²) in [6.07, 6.45) is 9.10. The highest BCUT2D eigenvalue weighted by atomic mass is 16.5. The molecule has 0 amide bonds. The van der Waals surface area contributed by atoms with Crippen molar-refractivity contribution in [3.63, 3.8) is 0 Å². The molecule has 1 heterocycles. The van der Waals surface area contributed by atoms with Gasteiger partial charge in [0.25, 0.3) is 0 Å². The molecule has 0 spiro atoms. The van der Waals surface area contributed by atoms with Gasteiger partial charge in [-0.2, -0.15) is 0 Å². The molecule has 1 aliphatic heterocycles. The Bertz CT molecular complexity index is 266. The van der Waals surface area contributed by atoms with E-state index < -0.39 is 0 Å². The molecular formula is C14H25NO2. The Morgan fingerprint density at radius 2 is 2.29 bits per heavy atom. The SMILES string of the molecule is CCNC(CC1(OC)CCC1)C1=COCCC1. The van der Waals surface area contributed by atoms with Crippen LogP contribution in [0.4, 0.5) is 0 Å². The summed E-state index contributed by atoms with van der Waals surface area (Å²) in [5, 5.41) is 3.58. The standard InChI is InChI=1S/C14H25NO2/c1-3-15-13(12-6-4-9-17-11-12)10-14(16-2)7-5-8-14/h11,13,15H,3-10H2,1-2H3. The van der Waals surface area contributed by atoms with Crippen molar-refractivity contribution in [1.82, 2.24) is 5.32 Å². The summed E-state index contributed by atoms with van der Waals surface area (Å²) in [6.45, 7) is 4.04. The molecule has 17 heavy (non-hydrogen) atoms. The Morgan fingerprint density at radius 3 is 2.76 bits per heavy atom. The van der Waals surface area contributed by atoms with E-state index in [1.807, 2.05) is 13.4 Å². The molecule has 3 nitrogen and oxygen atoms in total. The van der Waals surface area contributed by atoms with Crippen LogP contribution in [0.1, 0.15) is 45.4 Å². The summed E-state index contributed by atoms with van der Waals surface area (Å²) in [6, 6.07) is 0.431. The van der Waals surface area contributed by atoms with E-state index in [2.05, 4.69) is 12.2 Å². The Labute approximate surface area is 105 Å². The van der Waals surface area contributed by atoms with Crippen LogP contribution < -0.4 is 5.32 Å². The van der Waals surface area contributed by atoms with Crippen molar-refractivity contribution in [2.45, 2.75) is 57.1 Å². The largest absolute Gasteiger partial charge is 0.501 e. The van der Waals surface area contributed by atoms with Crippen molar-refractivity contribution in [2.24, 2.45) is 0 Å². The fourth-order valence-corrected chi connectivity index (χ4v) is 2.86. The zero-order valence-corrected chi connectivity index (χ0v) is 11.1. The second kappa shape index (κ2) is 5.87. The van der Waals surface area contributed by atoms with Crippen LogP contribution in [0.3, 0.4) is 0 Å². The van der Waals surface area contributed by atoms with E-state index in [4.69, 9.17) is 9.47 Å². The lowest BCUT2D eigenvalue weighted by atomic mass is 9.74. The van der Waals surface area contributed by atoms with E-state index in [0.29, 0.717) is 6.04 Å². The summed E-state index contributed by atoms with van der Waals surface area (Å²) in [5.41, 5.74) is 1.55. The average molecular weight is 239 g/mol. The van der Waals surface area contributed by atoms with Crippen LogP contribution in [0, 0.1) is 0 Å². The van der Waals surface area contributed by atoms with Gasteiger partial charge in [-0.1, -0.05) is 6.92 Å². The fraction of sp³-hybridized carbons (Fsp3) is 0.857. The molecule has 1 saturated carbocycles. The molecule has 1 fully saturated rings. The van der Waals surface area contributed by atoms with Gasteiger partial charge in [0.05, 0.1) is 18.5 Å². The first kappa shape index (κ1) is 12.9. The van der Waals surface area contributed by atoms with Gasteiger partial charge in [0.1, 0.15) is 0 Å². The maximum absolute atomic E-state index is 5.73. The molecule has 0 saturated heterocycles. The lowest BCUT2D eigenvalue weighted by Crippen LogP contribution is -2.46. The first-order chi connectivity index (χ1) is 8.29. The minimum Gasteiger partial charge on any atom is -0.501 e. The molecule has 0 aromatic rings. The Balaban J connectivity index is 1.98. The molecule has 98 valence electrons. The van der Waals surface area contributed by atoms with Crippen LogP contribution in [0.15, 0.2) is 11.8 Å². The summed E-state index contributed by atoms with van der Waals surface area (Å²) in [7, 11) is 1.86. The molecule has 1 N–H and O–H groups in total. The molecule has 0 aromatic heterocycles. The van der Waals surface area contributed by atoms with Crippen molar-refractivity contribution in [2.75, 3.05) is 20.3 Å². The lowest BCUT2D eigenvalue weighted by Gasteiger charge is -2.43. The Morgan fingerprint density at radius 1 is 1.47 bits per heavy atom. The number of hydrogen-bond donors (Lipinski definition) is 1. The molecule has 2 aliphatic rings. The summed E-state index contributed by atoms with van der Waals surface area (Å²) < 4.78 is 11.2. The van der Waals surface area contributed by atoms with Crippen LogP contribution in [0.2, 0.25) is 0 Å². The topological polar surface area (TPSA) is 30.5 Å². The highest BCUT2D eigenvalue weighted by Gasteiger charge is 2.39. The Hall–Kier alpha value is -0.540. The maximum Gasteiger partial charge on any atom is 0.0876 e. The summed E-state index contributed by atoms with van der Waals surface area (Å²) >= 11 is 0. The van der Waals surface area contributed by atoms with Crippen molar-refractivity contribution < 1.29 is 9.47 Å². The van der Waals surface area contributed by atoms with E-state index in [1.54, 1.807) is 0 Å². The van der Waals surface area contributed by atoms with Gasteiger partial charge in [0, 0.05) is 13.2 Å². The maximum atomic E-state index is 5.73. The fourth-order valence-electron chi connectivity index (χ4n) is 2.86. The molecular weight excluding hydrogens is 214 g/mol. The van der Waals surface area contributed by atoms with Gasteiger partial charge in [-0.05, 0) is 50.6 Å². The smallest absolute Gasteiger partial charge is 0.0876 e. The molecule has 3 heteroatoms. The number of ether oxygens (including phenoxy) is 2. The van der Waals surface area contributed by atoms with Crippen molar-refractivity contribution in [3.05, 3.63) is 11.8 Å². The monoisotopic (exact) mass is 239 g/mol. The first-order valence-corrected chi connectivity index (χ1v) is 6.89. The van der Waals surface area contributed by atoms with Gasteiger partial charge in [0.2, 0.25) is 0 Å². The van der Waals surface area contributed by atoms with E-state index in [9.17, 15) is 0 Å². The van der Waals surface area contributed by atoms with Crippen molar-refractivity contribution >= 4 is 0 Å². The number of hydrogen-bond acceptors (Lipinski definition) is 3. The van der Waals surface area contributed by atoms with Gasteiger partial charge in [0.15, 0.2) is 0 Å². The zero-order valence-electron chi connectivity index (χ0n) is 11.1. The molecule has 1 atom stereocenters. The third-order valence-corrected chi connectivity index (χ3v) is 4.13. The van der Waals surface area contributed by atoms with E-state index in [0.717, 1.165) is 32.4 Å². The predicted molar refractivity (Wildman–Crippen MR) is 68.9 cm³/mol. The minimum absolute atomic E-state index is 0.130. The molecule has 2 rings (SSSR count). The number of rotatable bonds is 6. The van der Waals surface area contributed by atoms with E-state index in [-0.39, 0.29) is 5.60 Å². The van der Waals surface area contributed by atoms with Crippen molar-refractivity contribution in [3.8, 4) is 0 Å². The number of likely N-dealkylation sites (N-methyl/N-ethyl adjacent to an activating group) is 1.